The second kappa shape index (κ2) is 10.8. The Balaban J connectivity index is 1.99. The monoisotopic (exact) mass is 491 g/mol. The third-order valence-electron chi connectivity index (χ3n) is 3.45. The molecule has 162 valence electrons. The van der Waals surface area contributed by atoms with E-state index in [1.807, 2.05) is 0 Å². The highest BCUT2D eigenvalue weighted by Gasteiger charge is 2.31. The van der Waals surface area contributed by atoms with Crippen LogP contribution in [0.4, 0.5) is 18.9 Å². The maximum atomic E-state index is 13.0. The molecule has 11 heteroatoms. The molecule has 1 aromatic heterocycles. The van der Waals surface area contributed by atoms with Crippen LogP contribution in [0.25, 0.3) is 6.08 Å². The molecule has 0 aliphatic heterocycles. The summed E-state index contributed by atoms with van der Waals surface area (Å²) in [5, 5.41) is 2.25. The largest absolute Gasteiger partial charge is 0.489 e. The van der Waals surface area contributed by atoms with Crippen molar-refractivity contribution in [1.29, 1.82) is 0 Å². The summed E-state index contributed by atoms with van der Waals surface area (Å²) in [6, 6.07) is 5.87. The molecular formula is C19H17BrF3NO6. The number of furan rings is 1. The Hall–Kier alpha value is -2.79. The Bertz CT molecular complexity index is 910. The minimum absolute atomic E-state index is 0.0167. The first kappa shape index (κ1) is 23.5. The van der Waals surface area contributed by atoms with Gasteiger partial charge in [0.1, 0.15) is 18.1 Å². The van der Waals surface area contributed by atoms with Gasteiger partial charge in [0, 0.05) is 13.2 Å². The van der Waals surface area contributed by atoms with Crippen LogP contribution in [0.5, 0.6) is 5.75 Å². The van der Waals surface area contributed by atoms with E-state index in [0.29, 0.717) is 10.4 Å². The van der Waals surface area contributed by atoms with Crippen LogP contribution >= 0.6 is 15.9 Å². The van der Waals surface area contributed by atoms with Crippen molar-refractivity contribution in [2.45, 2.75) is 6.18 Å². The standard InChI is InChI=1S/C19H17BrF3NO6/c1-27-8-9-28-15-5-2-12(19(21,22)23)10-14(15)24-17(25)11-29-18(26)7-4-13-3-6-16(20)30-13/h2-7,10H,8-9,11H2,1H3,(H,24,25). The Kier molecular flexibility index (Phi) is 8.48. The molecule has 0 fully saturated rings. The zero-order chi connectivity index (χ0) is 22.1. The van der Waals surface area contributed by atoms with Crippen molar-refractivity contribution in [3.8, 4) is 5.75 Å². The fraction of sp³-hybridized carbons (Fsp3) is 0.263. The summed E-state index contributed by atoms with van der Waals surface area (Å²) in [6.07, 6.45) is -2.23. The molecule has 1 amide bonds. The molecule has 30 heavy (non-hydrogen) atoms. The molecule has 1 heterocycles. The average molecular weight is 492 g/mol. The fourth-order valence-corrected chi connectivity index (χ4v) is 2.42. The molecule has 0 saturated carbocycles. The molecule has 1 N–H and O–H groups in total. The maximum Gasteiger partial charge on any atom is 0.416 e. The zero-order valence-electron chi connectivity index (χ0n) is 15.6. The molecule has 0 saturated heterocycles. The van der Waals surface area contributed by atoms with Gasteiger partial charge in [-0.2, -0.15) is 13.2 Å². The number of hydrogen-bond acceptors (Lipinski definition) is 6. The first-order valence-electron chi connectivity index (χ1n) is 8.42. The normalized spacial score (nSPS) is 11.5. The van der Waals surface area contributed by atoms with Crippen LogP contribution in [0.3, 0.4) is 0 Å². The van der Waals surface area contributed by atoms with Crippen LogP contribution in [0.1, 0.15) is 11.3 Å². The highest BCUT2D eigenvalue weighted by Crippen LogP contribution is 2.35. The summed E-state index contributed by atoms with van der Waals surface area (Å²) >= 11 is 3.11. The number of halogens is 4. The van der Waals surface area contributed by atoms with Gasteiger partial charge >= 0.3 is 12.1 Å². The van der Waals surface area contributed by atoms with E-state index >= 15 is 0 Å². The summed E-state index contributed by atoms with van der Waals surface area (Å²) in [5.41, 5.74) is -1.18. The first-order chi connectivity index (χ1) is 14.2. The van der Waals surface area contributed by atoms with Crippen LogP contribution < -0.4 is 10.1 Å². The third-order valence-corrected chi connectivity index (χ3v) is 3.88. The number of alkyl halides is 3. The Morgan fingerprint density at radius 1 is 1.20 bits per heavy atom. The fourth-order valence-electron chi connectivity index (χ4n) is 2.10. The highest BCUT2D eigenvalue weighted by atomic mass is 79.9. The van der Waals surface area contributed by atoms with Crippen molar-refractivity contribution in [3.63, 3.8) is 0 Å². The van der Waals surface area contributed by atoms with Crippen LogP contribution in [0.2, 0.25) is 0 Å². The summed E-state index contributed by atoms with van der Waals surface area (Å²) < 4.78 is 59.4. The summed E-state index contributed by atoms with van der Waals surface area (Å²) in [4.78, 5) is 23.7. The highest BCUT2D eigenvalue weighted by molar-refractivity contribution is 9.10. The number of esters is 1. The number of anilines is 1. The van der Waals surface area contributed by atoms with Gasteiger partial charge in [0.15, 0.2) is 11.3 Å². The third kappa shape index (κ3) is 7.56. The van der Waals surface area contributed by atoms with Gasteiger partial charge < -0.3 is 23.9 Å². The lowest BCUT2D eigenvalue weighted by Crippen LogP contribution is -2.21. The Labute approximate surface area is 177 Å². The quantitative estimate of drug-likeness (QED) is 0.320. The topological polar surface area (TPSA) is 87.0 Å². The van der Waals surface area contributed by atoms with E-state index in [0.717, 1.165) is 24.3 Å². The van der Waals surface area contributed by atoms with Gasteiger partial charge in [-0.25, -0.2) is 4.79 Å². The van der Waals surface area contributed by atoms with Gasteiger partial charge in [0.05, 0.1) is 17.9 Å². The number of hydrogen-bond donors (Lipinski definition) is 1. The van der Waals surface area contributed by atoms with Crippen LogP contribution in [-0.2, 0) is 25.2 Å². The molecule has 0 radical (unpaired) electrons. The number of nitrogens with one attached hydrogen (secondary N) is 1. The SMILES string of the molecule is COCCOc1ccc(C(F)(F)F)cc1NC(=O)COC(=O)C=Cc1ccc(Br)o1. The van der Waals surface area contributed by atoms with Crippen molar-refractivity contribution >= 4 is 39.6 Å². The maximum absolute atomic E-state index is 13.0. The smallest absolute Gasteiger partial charge is 0.416 e. The van der Waals surface area contributed by atoms with Crippen molar-refractivity contribution in [1.82, 2.24) is 0 Å². The minimum atomic E-state index is -4.61. The predicted octanol–water partition coefficient (Wildman–Crippen LogP) is 4.28. The van der Waals surface area contributed by atoms with Crippen molar-refractivity contribution < 1.29 is 41.4 Å². The molecule has 0 unspecified atom stereocenters. The summed E-state index contributed by atoms with van der Waals surface area (Å²) in [5.74, 6) is -1.28. The van der Waals surface area contributed by atoms with E-state index in [9.17, 15) is 22.8 Å². The zero-order valence-corrected chi connectivity index (χ0v) is 17.2. The molecule has 7 nitrogen and oxygen atoms in total. The first-order valence-corrected chi connectivity index (χ1v) is 9.21. The van der Waals surface area contributed by atoms with Gasteiger partial charge in [0.25, 0.3) is 5.91 Å². The Morgan fingerprint density at radius 3 is 2.60 bits per heavy atom. The molecule has 0 spiro atoms. The van der Waals surface area contributed by atoms with Gasteiger partial charge in [0.2, 0.25) is 0 Å². The molecule has 0 atom stereocenters. The second-order valence-electron chi connectivity index (χ2n) is 5.68. The van der Waals surface area contributed by atoms with E-state index in [2.05, 4.69) is 21.2 Å². The van der Waals surface area contributed by atoms with E-state index in [1.54, 1.807) is 12.1 Å². The van der Waals surface area contributed by atoms with E-state index in [4.69, 9.17) is 18.6 Å². The summed E-state index contributed by atoms with van der Waals surface area (Å²) in [7, 11) is 1.44. The van der Waals surface area contributed by atoms with E-state index in [-0.39, 0.29) is 24.7 Å². The van der Waals surface area contributed by atoms with Gasteiger partial charge in [-0.15, -0.1) is 0 Å². The molecule has 1 aromatic carbocycles. The number of methoxy groups -OCH3 is 1. The van der Waals surface area contributed by atoms with Gasteiger partial charge in [-0.05, 0) is 52.3 Å². The number of ether oxygens (including phenoxy) is 3. The van der Waals surface area contributed by atoms with Gasteiger partial charge in [-0.3, -0.25) is 4.79 Å². The lowest BCUT2D eigenvalue weighted by atomic mass is 10.1. The van der Waals surface area contributed by atoms with Gasteiger partial charge in [-0.1, -0.05) is 0 Å². The van der Waals surface area contributed by atoms with E-state index < -0.39 is 30.2 Å². The molecule has 2 aromatic rings. The number of carbonyl (C=O) groups is 2. The molecule has 0 bridgehead atoms. The van der Waals surface area contributed by atoms with E-state index in [1.165, 1.54) is 13.2 Å². The summed E-state index contributed by atoms with van der Waals surface area (Å²) in [6.45, 7) is -0.448. The molecule has 0 aliphatic carbocycles. The number of carbonyl (C=O) groups excluding carboxylic acids is 2. The van der Waals surface area contributed by atoms with Crippen molar-refractivity contribution in [2.24, 2.45) is 0 Å². The van der Waals surface area contributed by atoms with Crippen LogP contribution in [0.15, 0.2) is 45.5 Å². The number of rotatable bonds is 9. The molecule has 2 rings (SSSR count). The predicted molar refractivity (Wildman–Crippen MR) is 104 cm³/mol. The molecular weight excluding hydrogens is 475 g/mol. The number of amides is 1. The second-order valence-corrected chi connectivity index (χ2v) is 6.46. The van der Waals surface area contributed by atoms with Crippen molar-refractivity contribution in [3.05, 3.63) is 52.4 Å². The lowest BCUT2D eigenvalue weighted by Gasteiger charge is -2.15. The average Bonchev–Trinajstić information content (AvgIpc) is 3.10. The lowest BCUT2D eigenvalue weighted by molar-refractivity contribution is -0.142. The van der Waals surface area contributed by atoms with Crippen molar-refractivity contribution in [2.75, 3.05) is 32.2 Å². The Morgan fingerprint density at radius 2 is 1.97 bits per heavy atom. The van der Waals surface area contributed by atoms with Crippen LogP contribution in [0, 0.1) is 0 Å². The van der Waals surface area contributed by atoms with Crippen LogP contribution in [-0.4, -0.2) is 38.8 Å². The minimum Gasteiger partial charge on any atom is -0.489 e. The number of benzene rings is 1. The molecule has 0 aliphatic rings.